The Labute approximate surface area is 274 Å². The van der Waals surface area contributed by atoms with Gasteiger partial charge in [0.2, 0.25) is 0 Å². The van der Waals surface area contributed by atoms with Gasteiger partial charge in [-0.25, -0.2) is 0 Å². The molecule has 0 bridgehead atoms. The average Bonchev–Trinajstić information content (AvgIpc) is 3.04. The van der Waals surface area contributed by atoms with Crippen molar-refractivity contribution >= 4 is 45.6 Å². The molecule has 0 aromatic heterocycles. The Kier molecular flexibility index (Phi) is 14.6. The van der Waals surface area contributed by atoms with Crippen molar-refractivity contribution < 1.29 is 16.5 Å². The molecule has 4 fully saturated rings. The van der Waals surface area contributed by atoms with Crippen molar-refractivity contribution in [2.45, 2.75) is 158 Å². The summed E-state index contributed by atoms with van der Waals surface area (Å²) in [7, 11) is -0.920. The maximum absolute atomic E-state index is 2.70. The van der Waals surface area contributed by atoms with Crippen molar-refractivity contribution in [3.05, 3.63) is 56.0 Å². The Morgan fingerprint density at radius 2 is 0.714 bits per heavy atom. The van der Waals surface area contributed by atoms with Gasteiger partial charge in [-0.1, -0.05) is 152 Å². The summed E-state index contributed by atoms with van der Waals surface area (Å²) in [6, 6.07) is 20.1. The minimum Gasteiger partial charge on any atom is -0.358 e. The largest absolute Gasteiger partial charge is 2.00 e. The number of hydrogen-bond acceptors (Lipinski definition) is 0. The molecule has 4 aliphatic rings. The van der Waals surface area contributed by atoms with Gasteiger partial charge in [0.15, 0.2) is 0 Å². The molecular formula is C38H58NiP2Si. The molecular weight excluding hydrogens is 605 g/mol. The Bertz CT molecular complexity index is 931. The van der Waals surface area contributed by atoms with Gasteiger partial charge in [-0.3, -0.25) is 8.80 Å². The molecule has 42 heavy (non-hydrogen) atoms. The van der Waals surface area contributed by atoms with Crippen molar-refractivity contribution in [2.24, 2.45) is 0 Å². The van der Waals surface area contributed by atoms with Gasteiger partial charge in [-0.15, -0.1) is 0 Å². The van der Waals surface area contributed by atoms with E-state index in [1.165, 1.54) is 128 Å². The number of hydrogen-bond donors (Lipinski definition) is 0. The average molecular weight is 664 g/mol. The van der Waals surface area contributed by atoms with E-state index in [0.717, 1.165) is 22.6 Å². The number of rotatable bonds is 8. The summed E-state index contributed by atoms with van der Waals surface area (Å²) in [6.45, 7) is 2.70. The zero-order chi connectivity index (χ0) is 27.1. The molecule has 0 N–H and O–H groups in total. The van der Waals surface area contributed by atoms with Crippen LogP contribution in [0.5, 0.6) is 0 Å². The molecule has 0 amide bonds. The molecule has 2 aromatic rings. The van der Waals surface area contributed by atoms with Gasteiger partial charge in [0.05, 0.1) is 0 Å². The third-order valence-corrected chi connectivity index (χ3v) is 21.1. The molecule has 0 radical (unpaired) electrons. The van der Waals surface area contributed by atoms with Crippen LogP contribution in [0.2, 0.25) is 6.55 Å². The maximum atomic E-state index is 2.70. The summed E-state index contributed by atoms with van der Waals surface area (Å²) >= 11 is 0. The van der Waals surface area contributed by atoms with Gasteiger partial charge in [-0.05, 0) is 74.0 Å². The van der Waals surface area contributed by atoms with Crippen LogP contribution >= 0.6 is 15.8 Å². The van der Waals surface area contributed by atoms with Crippen LogP contribution in [0.25, 0.3) is 0 Å². The smallest absolute Gasteiger partial charge is 0.358 e. The molecule has 234 valence electrons. The Balaban J connectivity index is 0.00000202. The van der Waals surface area contributed by atoms with E-state index >= 15 is 0 Å². The predicted octanol–water partition coefficient (Wildman–Crippen LogP) is 9.92. The Morgan fingerprint density at radius 3 is 1.00 bits per heavy atom. The van der Waals surface area contributed by atoms with Crippen LogP contribution in [0, 0.1) is 7.43 Å². The fraction of sp³-hybridized carbons (Fsp3) is 0.658. The summed E-state index contributed by atoms with van der Waals surface area (Å²) in [4.78, 5) is 0. The van der Waals surface area contributed by atoms with E-state index in [-0.39, 0.29) is 39.8 Å². The maximum Gasteiger partial charge on any atom is 2.00 e. The summed E-state index contributed by atoms with van der Waals surface area (Å²) in [5, 5.41) is 7.35. The molecule has 0 saturated heterocycles. The van der Waals surface area contributed by atoms with Crippen LogP contribution in [0.3, 0.4) is 0 Å². The van der Waals surface area contributed by atoms with Crippen LogP contribution in [-0.2, 0) is 16.5 Å². The van der Waals surface area contributed by atoms with E-state index in [4.69, 9.17) is 0 Å². The standard InChI is InChI=1S/C37H55P2Si.CH3.Ni/c1-40(36-28-16-14-26-34(36)38(30-18-6-2-7-19-30)31-20-8-3-9-21-31)37-29-17-15-27-35(37)39(32-22-10-4-11-23-32)33-24-12-5-13-25-33;;/h14-17,26-33H,2-13,18-25H2,1H3;1H3;/q2*-1;+2. The van der Waals surface area contributed by atoms with Crippen molar-refractivity contribution in [1.29, 1.82) is 0 Å². The van der Waals surface area contributed by atoms with Crippen LogP contribution in [0.15, 0.2) is 48.5 Å². The molecule has 6 rings (SSSR count). The van der Waals surface area contributed by atoms with E-state index in [1.54, 1.807) is 0 Å². The quantitative estimate of drug-likeness (QED) is 0.150. The van der Waals surface area contributed by atoms with Gasteiger partial charge < -0.3 is 7.43 Å². The molecule has 2 aromatic carbocycles. The van der Waals surface area contributed by atoms with Gasteiger partial charge >= 0.3 is 16.5 Å². The van der Waals surface area contributed by atoms with Crippen LogP contribution in [-0.4, -0.2) is 31.4 Å². The van der Waals surface area contributed by atoms with Crippen molar-refractivity contribution in [3.63, 3.8) is 0 Å². The topological polar surface area (TPSA) is 0 Å². The fourth-order valence-corrected chi connectivity index (χ4v) is 20.4. The first-order valence-electron chi connectivity index (χ1n) is 17.4. The minimum absolute atomic E-state index is 0. The second kappa shape index (κ2) is 17.6. The van der Waals surface area contributed by atoms with E-state index in [9.17, 15) is 0 Å². The van der Waals surface area contributed by atoms with Gasteiger partial charge in [0.25, 0.3) is 0 Å². The third-order valence-electron chi connectivity index (χ3n) is 11.0. The van der Waals surface area contributed by atoms with Gasteiger partial charge in [0, 0.05) is 0 Å². The molecule has 0 unspecified atom stereocenters. The van der Waals surface area contributed by atoms with Gasteiger partial charge in [-0.2, -0.15) is 16.9 Å². The first-order valence-corrected chi connectivity index (χ1v) is 22.4. The van der Waals surface area contributed by atoms with Crippen molar-refractivity contribution in [3.8, 4) is 0 Å². The Hall–Kier alpha value is 0.0104. The second-order valence-corrected chi connectivity index (χ2v) is 21.5. The predicted molar refractivity (Wildman–Crippen MR) is 191 cm³/mol. The molecule has 0 nitrogen and oxygen atoms in total. The van der Waals surface area contributed by atoms with E-state index < -0.39 is 8.80 Å². The minimum atomic E-state index is -0.812. The zero-order valence-electron chi connectivity index (χ0n) is 26.8. The van der Waals surface area contributed by atoms with Crippen molar-refractivity contribution in [1.82, 2.24) is 0 Å². The summed E-state index contributed by atoms with van der Waals surface area (Å²) in [5.41, 5.74) is 3.94. The van der Waals surface area contributed by atoms with E-state index in [1.807, 2.05) is 21.0 Å². The zero-order valence-corrected chi connectivity index (χ0v) is 30.6. The summed E-state index contributed by atoms with van der Waals surface area (Å²) < 4.78 is 0. The van der Waals surface area contributed by atoms with Crippen LogP contribution in [0.1, 0.15) is 128 Å². The van der Waals surface area contributed by atoms with Gasteiger partial charge in [0.1, 0.15) is 0 Å². The van der Waals surface area contributed by atoms with Crippen LogP contribution in [0.4, 0.5) is 0 Å². The summed E-state index contributed by atoms with van der Waals surface area (Å²) in [5.74, 6) is 0. The molecule has 4 heteroatoms. The Morgan fingerprint density at radius 1 is 0.452 bits per heavy atom. The molecule has 0 spiro atoms. The van der Waals surface area contributed by atoms with E-state index in [0.29, 0.717) is 0 Å². The first kappa shape index (κ1) is 34.9. The molecule has 0 aliphatic heterocycles. The fourth-order valence-electron chi connectivity index (χ4n) is 9.00. The molecule has 4 aliphatic carbocycles. The normalized spacial score (nSPS) is 21.6. The monoisotopic (exact) mass is 662 g/mol. The second-order valence-electron chi connectivity index (χ2n) is 13.6. The van der Waals surface area contributed by atoms with Crippen LogP contribution < -0.4 is 21.0 Å². The SMILES string of the molecule is C[Si-](c1ccccc1P(C1CCCCC1)C1CCCCC1)c1ccccc1P(C1CCCCC1)C1CCCCC1.[CH3-].[Ni+2]. The van der Waals surface area contributed by atoms with Crippen molar-refractivity contribution in [2.75, 3.05) is 0 Å². The first-order chi connectivity index (χ1) is 19.8. The third kappa shape index (κ3) is 8.23. The van der Waals surface area contributed by atoms with E-state index in [2.05, 4.69) is 55.1 Å². The summed E-state index contributed by atoms with van der Waals surface area (Å²) in [6.07, 6.45) is 29.9. The molecule has 0 heterocycles. The molecule has 4 saturated carbocycles. The number of benzene rings is 2. The molecule has 0 atom stereocenters.